The minimum absolute atomic E-state index is 0.0333. The lowest BCUT2D eigenvalue weighted by Gasteiger charge is -2.14. The van der Waals surface area contributed by atoms with Gasteiger partial charge in [0.25, 0.3) is 0 Å². The third-order valence-electron chi connectivity index (χ3n) is 2.50. The Kier molecular flexibility index (Phi) is 6.72. The molecule has 18 heavy (non-hydrogen) atoms. The first-order valence-electron chi connectivity index (χ1n) is 5.88. The lowest BCUT2D eigenvalue weighted by molar-refractivity contribution is -0.122. The summed E-state index contributed by atoms with van der Waals surface area (Å²) in [5, 5.41) is 6.62. The van der Waals surface area contributed by atoms with Gasteiger partial charge in [0.05, 0.1) is 12.6 Å². The molecule has 0 saturated heterocycles. The van der Waals surface area contributed by atoms with E-state index in [1.165, 1.54) is 0 Å². The number of methoxy groups -OCH3 is 1. The van der Waals surface area contributed by atoms with Crippen LogP contribution >= 0.6 is 11.6 Å². The van der Waals surface area contributed by atoms with E-state index in [1.54, 1.807) is 7.11 Å². The van der Waals surface area contributed by atoms with Crippen molar-refractivity contribution in [3.8, 4) is 0 Å². The number of halogens is 1. The topological polar surface area (TPSA) is 50.4 Å². The fourth-order valence-corrected chi connectivity index (χ4v) is 1.65. The van der Waals surface area contributed by atoms with Crippen LogP contribution in [0.1, 0.15) is 12.5 Å². The zero-order valence-electron chi connectivity index (χ0n) is 10.7. The van der Waals surface area contributed by atoms with Crippen molar-refractivity contribution in [3.05, 3.63) is 34.9 Å². The number of hydrogen-bond donors (Lipinski definition) is 2. The Bertz CT molecular complexity index is 385. The molecular formula is C13H19ClN2O2. The number of hydrogen-bond acceptors (Lipinski definition) is 3. The third-order valence-corrected chi connectivity index (χ3v) is 2.74. The molecule has 1 aromatic carbocycles. The van der Waals surface area contributed by atoms with Gasteiger partial charge in [0, 0.05) is 25.2 Å². The first-order chi connectivity index (χ1) is 8.63. The van der Waals surface area contributed by atoms with Crippen LogP contribution in [0.25, 0.3) is 0 Å². The van der Waals surface area contributed by atoms with Gasteiger partial charge in [-0.15, -0.1) is 0 Å². The molecule has 0 radical (unpaired) electrons. The lowest BCUT2D eigenvalue weighted by Crippen LogP contribution is -2.42. The number of ether oxygens (including phenoxy) is 1. The van der Waals surface area contributed by atoms with Crippen LogP contribution in [0.15, 0.2) is 24.3 Å². The molecule has 4 nitrogen and oxygen atoms in total. The number of amides is 1. The summed E-state index contributed by atoms with van der Waals surface area (Å²) in [6.07, 6.45) is 0. The second kappa shape index (κ2) is 8.08. The summed E-state index contributed by atoms with van der Waals surface area (Å²) in [4.78, 5) is 11.7. The first-order valence-corrected chi connectivity index (χ1v) is 6.25. The van der Waals surface area contributed by atoms with Gasteiger partial charge in [0.1, 0.15) is 0 Å². The molecular weight excluding hydrogens is 252 g/mol. The number of benzene rings is 1. The number of rotatable bonds is 7. The van der Waals surface area contributed by atoms with Crippen LogP contribution in [-0.4, -0.2) is 32.2 Å². The lowest BCUT2D eigenvalue weighted by atomic mass is 10.2. The van der Waals surface area contributed by atoms with Crippen molar-refractivity contribution >= 4 is 17.5 Å². The van der Waals surface area contributed by atoms with Gasteiger partial charge < -0.3 is 15.4 Å². The molecule has 1 atom stereocenters. The molecule has 0 aliphatic heterocycles. The number of carbonyl (C=O) groups is 1. The van der Waals surface area contributed by atoms with Gasteiger partial charge in [-0.3, -0.25) is 4.79 Å². The SMILES string of the molecule is COCCNC(=O)C(C)NCc1cccc(Cl)c1. The molecule has 0 aliphatic carbocycles. The molecule has 1 rings (SSSR count). The van der Waals surface area contributed by atoms with E-state index in [-0.39, 0.29) is 11.9 Å². The van der Waals surface area contributed by atoms with Crippen molar-refractivity contribution in [2.24, 2.45) is 0 Å². The Morgan fingerprint density at radius 1 is 1.50 bits per heavy atom. The van der Waals surface area contributed by atoms with Crippen molar-refractivity contribution in [1.29, 1.82) is 0 Å². The fourth-order valence-electron chi connectivity index (χ4n) is 1.44. The Hall–Kier alpha value is -1.10. The van der Waals surface area contributed by atoms with Gasteiger partial charge in [-0.2, -0.15) is 0 Å². The Balaban J connectivity index is 2.32. The van der Waals surface area contributed by atoms with Crippen LogP contribution in [0.5, 0.6) is 0 Å². The second-order valence-electron chi connectivity index (χ2n) is 4.02. The normalized spacial score (nSPS) is 12.2. The van der Waals surface area contributed by atoms with Crippen molar-refractivity contribution in [2.75, 3.05) is 20.3 Å². The highest BCUT2D eigenvalue weighted by atomic mass is 35.5. The number of carbonyl (C=O) groups excluding carboxylic acids is 1. The van der Waals surface area contributed by atoms with E-state index in [4.69, 9.17) is 16.3 Å². The largest absolute Gasteiger partial charge is 0.383 e. The zero-order chi connectivity index (χ0) is 13.4. The highest BCUT2D eigenvalue weighted by molar-refractivity contribution is 6.30. The van der Waals surface area contributed by atoms with Crippen LogP contribution in [0.2, 0.25) is 5.02 Å². The molecule has 1 unspecified atom stereocenters. The van der Waals surface area contributed by atoms with Crippen molar-refractivity contribution in [2.45, 2.75) is 19.5 Å². The fraction of sp³-hybridized carbons (Fsp3) is 0.462. The first kappa shape index (κ1) is 15.0. The van der Waals surface area contributed by atoms with E-state index in [0.717, 1.165) is 5.56 Å². The van der Waals surface area contributed by atoms with Gasteiger partial charge in [0.2, 0.25) is 5.91 Å². The summed E-state index contributed by atoms with van der Waals surface area (Å²) in [5.74, 6) is -0.0333. The van der Waals surface area contributed by atoms with E-state index in [1.807, 2.05) is 31.2 Å². The van der Waals surface area contributed by atoms with Gasteiger partial charge in [-0.1, -0.05) is 23.7 Å². The Morgan fingerprint density at radius 3 is 2.94 bits per heavy atom. The molecule has 2 N–H and O–H groups in total. The van der Waals surface area contributed by atoms with Crippen molar-refractivity contribution < 1.29 is 9.53 Å². The van der Waals surface area contributed by atoms with Gasteiger partial charge in [-0.05, 0) is 24.6 Å². The minimum atomic E-state index is -0.249. The van der Waals surface area contributed by atoms with E-state index >= 15 is 0 Å². The van der Waals surface area contributed by atoms with Crippen LogP contribution in [0, 0.1) is 0 Å². The van der Waals surface area contributed by atoms with E-state index in [9.17, 15) is 4.79 Å². The maximum atomic E-state index is 11.7. The van der Waals surface area contributed by atoms with Crippen LogP contribution in [0.4, 0.5) is 0 Å². The van der Waals surface area contributed by atoms with E-state index in [2.05, 4.69) is 10.6 Å². The van der Waals surface area contributed by atoms with Gasteiger partial charge in [-0.25, -0.2) is 0 Å². The smallest absolute Gasteiger partial charge is 0.236 e. The molecule has 0 fully saturated rings. The predicted molar refractivity (Wildman–Crippen MR) is 72.6 cm³/mol. The standard InChI is InChI=1S/C13H19ClN2O2/c1-10(13(17)15-6-7-18-2)16-9-11-4-3-5-12(14)8-11/h3-5,8,10,16H,6-7,9H2,1-2H3,(H,15,17). The van der Waals surface area contributed by atoms with Crippen molar-refractivity contribution in [1.82, 2.24) is 10.6 Å². The summed E-state index contributed by atoms with van der Waals surface area (Å²) in [6.45, 7) is 3.48. The average Bonchev–Trinajstić information content (AvgIpc) is 2.36. The van der Waals surface area contributed by atoms with E-state index < -0.39 is 0 Å². The maximum absolute atomic E-state index is 11.7. The summed E-state index contributed by atoms with van der Waals surface area (Å²) in [5.41, 5.74) is 1.05. The quantitative estimate of drug-likeness (QED) is 0.740. The predicted octanol–water partition coefficient (Wildman–Crippen LogP) is 1.58. The molecule has 0 aliphatic rings. The molecule has 100 valence electrons. The number of nitrogens with one attached hydrogen (secondary N) is 2. The molecule has 0 saturated carbocycles. The average molecular weight is 271 g/mol. The summed E-state index contributed by atoms with van der Waals surface area (Å²) >= 11 is 5.89. The molecule has 0 heterocycles. The van der Waals surface area contributed by atoms with Crippen LogP contribution < -0.4 is 10.6 Å². The third kappa shape index (κ3) is 5.49. The second-order valence-corrected chi connectivity index (χ2v) is 4.45. The molecule has 1 amide bonds. The monoisotopic (exact) mass is 270 g/mol. The van der Waals surface area contributed by atoms with Crippen molar-refractivity contribution in [3.63, 3.8) is 0 Å². The van der Waals surface area contributed by atoms with Gasteiger partial charge >= 0.3 is 0 Å². The molecule has 0 bridgehead atoms. The summed E-state index contributed by atoms with van der Waals surface area (Å²) in [6, 6.07) is 7.31. The molecule has 1 aromatic rings. The highest BCUT2D eigenvalue weighted by Crippen LogP contribution is 2.10. The van der Waals surface area contributed by atoms with Crippen LogP contribution in [-0.2, 0) is 16.1 Å². The zero-order valence-corrected chi connectivity index (χ0v) is 11.5. The summed E-state index contributed by atoms with van der Waals surface area (Å²) < 4.78 is 4.86. The molecule has 5 heteroatoms. The van der Waals surface area contributed by atoms with E-state index in [0.29, 0.717) is 24.7 Å². The van der Waals surface area contributed by atoms with Gasteiger partial charge in [0.15, 0.2) is 0 Å². The molecule has 0 aromatic heterocycles. The Morgan fingerprint density at radius 2 is 2.28 bits per heavy atom. The summed E-state index contributed by atoms with van der Waals surface area (Å²) in [7, 11) is 1.60. The highest BCUT2D eigenvalue weighted by Gasteiger charge is 2.10. The van der Waals surface area contributed by atoms with Crippen LogP contribution in [0.3, 0.4) is 0 Å². The Labute approximate surface area is 113 Å². The minimum Gasteiger partial charge on any atom is -0.383 e. The maximum Gasteiger partial charge on any atom is 0.236 e. The molecule has 0 spiro atoms.